The molecule has 0 atom stereocenters. The van der Waals surface area contributed by atoms with Gasteiger partial charge in [0.1, 0.15) is 5.75 Å². The van der Waals surface area contributed by atoms with E-state index in [0.29, 0.717) is 0 Å². The van der Waals surface area contributed by atoms with Crippen LogP contribution in [-0.4, -0.2) is 16.7 Å². The van der Waals surface area contributed by atoms with Crippen LogP contribution in [0.15, 0.2) is 30.3 Å². The number of allylic oxidation sites excluding steroid dienone is 1. The Morgan fingerprint density at radius 3 is 2.50 bits per heavy atom. The van der Waals surface area contributed by atoms with Gasteiger partial charge in [-0.2, -0.15) is 0 Å². The molecule has 0 aliphatic rings. The summed E-state index contributed by atoms with van der Waals surface area (Å²) in [6.07, 6.45) is 3.91. The number of thiocarbonyl (C=S) groups is 1. The van der Waals surface area contributed by atoms with E-state index in [9.17, 15) is 0 Å². The smallest absolute Gasteiger partial charge is 0.115 e. The lowest BCUT2D eigenvalue weighted by Gasteiger charge is -2.03. The van der Waals surface area contributed by atoms with E-state index in [1.807, 2.05) is 24.5 Å². The minimum absolute atomic E-state index is 0.282. The van der Waals surface area contributed by atoms with E-state index in [-0.39, 0.29) is 5.75 Å². The van der Waals surface area contributed by atoms with Crippen LogP contribution >= 0.6 is 33.8 Å². The molecule has 0 aliphatic heterocycles. The van der Waals surface area contributed by atoms with Crippen molar-refractivity contribution in [3.05, 3.63) is 35.9 Å². The second-order valence-corrected chi connectivity index (χ2v) is 5.18. The summed E-state index contributed by atoms with van der Waals surface area (Å²) in [6.45, 7) is 0. The first-order chi connectivity index (χ1) is 6.77. The minimum atomic E-state index is 0.282. The Labute approximate surface area is 97.0 Å². The summed E-state index contributed by atoms with van der Waals surface area (Å²) < 4.78 is 0. The Kier molecular flexibility index (Phi) is 5.07. The largest absolute Gasteiger partial charge is 0.508 e. The molecule has 1 N–H and O–H groups in total. The molecular weight excluding hydrogens is 232 g/mol. The van der Waals surface area contributed by atoms with Crippen molar-refractivity contribution >= 4 is 44.1 Å². The third kappa shape index (κ3) is 3.36. The molecular formula is C10H10OS3. The highest BCUT2D eigenvalue weighted by atomic mass is 33.1. The predicted molar refractivity (Wildman–Crippen MR) is 70.8 cm³/mol. The van der Waals surface area contributed by atoms with Gasteiger partial charge in [-0.15, -0.1) is 0 Å². The van der Waals surface area contributed by atoms with Crippen molar-refractivity contribution in [1.29, 1.82) is 0 Å². The molecule has 74 valence electrons. The van der Waals surface area contributed by atoms with Crippen LogP contribution in [-0.2, 0) is 0 Å². The van der Waals surface area contributed by atoms with Gasteiger partial charge in [-0.05, 0) is 30.0 Å². The Hall–Kier alpha value is -0.450. The van der Waals surface area contributed by atoms with Gasteiger partial charge in [0.2, 0.25) is 0 Å². The van der Waals surface area contributed by atoms with Gasteiger partial charge in [0.15, 0.2) is 0 Å². The third-order valence-electron chi connectivity index (χ3n) is 1.54. The monoisotopic (exact) mass is 242 g/mol. The fraction of sp³-hybridized carbons (Fsp3) is 0.100. The fourth-order valence-electron chi connectivity index (χ4n) is 0.949. The molecule has 1 nitrogen and oxygen atoms in total. The van der Waals surface area contributed by atoms with Gasteiger partial charge in [-0.3, -0.25) is 0 Å². The maximum absolute atomic E-state index is 9.14. The zero-order valence-corrected chi connectivity index (χ0v) is 10.1. The number of hydrogen-bond acceptors (Lipinski definition) is 4. The van der Waals surface area contributed by atoms with E-state index in [1.165, 1.54) is 0 Å². The average molecular weight is 242 g/mol. The highest BCUT2D eigenvalue weighted by Crippen LogP contribution is 2.35. The molecule has 0 amide bonds. The highest BCUT2D eigenvalue weighted by Gasteiger charge is 2.00. The quantitative estimate of drug-likeness (QED) is 0.493. The van der Waals surface area contributed by atoms with Crippen molar-refractivity contribution in [2.75, 3.05) is 6.26 Å². The van der Waals surface area contributed by atoms with Crippen LogP contribution in [0.1, 0.15) is 5.56 Å². The second-order valence-electron chi connectivity index (χ2n) is 2.46. The van der Waals surface area contributed by atoms with E-state index in [4.69, 9.17) is 17.3 Å². The summed E-state index contributed by atoms with van der Waals surface area (Å²) in [5.74, 6) is 0.282. The average Bonchev–Trinajstić information content (AvgIpc) is 2.19. The van der Waals surface area contributed by atoms with Gasteiger partial charge in [-0.25, -0.2) is 0 Å². The summed E-state index contributed by atoms with van der Waals surface area (Å²) in [4.78, 5) is 1.10. The van der Waals surface area contributed by atoms with E-state index in [2.05, 4.69) is 0 Å². The summed E-state index contributed by atoms with van der Waals surface area (Å²) in [5.41, 5.74) is 1.07. The first-order valence-corrected chi connectivity index (χ1v) is 6.96. The van der Waals surface area contributed by atoms with Crippen LogP contribution < -0.4 is 0 Å². The van der Waals surface area contributed by atoms with E-state index in [0.717, 1.165) is 10.5 Å². The number of phenols is 1. The van der Waals surface area contributed by atoms with E-state index >= 15 is 0 Å². The molecule has 1 aromatic carbocycles. The minimum Gasteiger partial charge on any atom is -0.508 e. The van der Waals surface area contributed by atoms with Crippen molar-refractivity contribution in [1.82, 2.24) is 0 Å². The summed E-state index contributed by atoms with van der Waals surface area (Å²) in [6, 6.07) is 7.10. The molecule has 1 rings (SSSR count). The maximum Gasteiger partial charge on any atom is 0.115 e. The molecule has 0 aliphatic carbocycles. The molecule has 0 bridgehead atoms. The number of phenolic OH excluding ortho intramolecular Hbond substituents is 1. The predicted octanol–water partition coefficient (Wildman–Crippen LogP) is 3.74. The fourth-order valence-corrected chi connectivity index (χ4v) is 2.70. The lowest BCUT2D eigenvalue weighted by Crippen LogP contribution is -1.78. The lowest BCUT2D eigenvalue weighted by atomic mass is 10.2. The van der Waals surface area contributed by atoms with Gasteiger partial charge in [-0.1, -0.05) is 45.9 Å². The van der Waals surface area contributed by atoms with Crippen LogP contribution in [0.25, 0.3) is 4.91 Å². The van der Waals surface area contributed by atoms with Crippen molar-refractivity contribution in [2.24, 2.45) is 0 Å². The van der Waals surface area contributed by atoms with Crippen LogP contribution in [0.2, 0.25) is 0 Å². The topological polar surface area (TPSA) is 20.2 Å². The molecule has 1 aromatic rings. The van der Waals surface area contributed by atoms with Gasteiger partial charge in [0, 0.05) is 10.3 Å². The van der Waals surface area contributed by atoms with Crippen molar-refractivity contribution < 1.29 is 5.11 Å². The first-order valence-electron chi connectivity index (χ1n) is 3.93. The number of rotatable bonds is 4. The maximum atomic E-state index is 9.14. The van der Waals surface area contributed by atoms with Gasteiger partial charge >= 0.3 is 0 Å². The van der Waals surface area contributed by atoms with Crippen LogP contribution in [0, 0.1) is 0 Å². The Morgan fingerprint density at radius 2 is 2.00 bits per heavy atom. The van der Waals surface area contributed by atoms with E-state index < -0.39 is 0 Å². The zero-order valence-electron chi connectivity index (χ0n) is 7.64. The van der Waals surface area contributed by atoms with Gasteiger partial charge < -0.3 is 5.11 Å². The molecule has 0 fully saturated rings. The van der Waals surface area contributed by atoms with Crippen LogP contribution in [0.5, 0.6) is 5.75 Å². The Bertz CT molecular complexity index is 330. The normalized spacial score (nSPS) is 11.4. The molecule has 0 radical (unpaired) electrons. The first kappa shape index (κ1) is 11.6. The molecule has 0 saturated heterocycles. The van der Waals surface area contributed by atoms with Crippen LogP contribution in [0.3, 0.4) is 0 Å². The third-order valence-corrected chi connectivity index (χ3v) is 3.44. The molecule has 14 heavy (non-hydrogen) atoms. The highest BCUT2D eigenvalue weighted by molar-refractivity contribution is 8.79. The zero-order chi connectivity index (χ0) is 10.4. The summed E-state index contributed by atoms with van der Waals surface area (Å²) >= 11 is 4.79. The van der Waals surface area contributed by atoms with Crippen molar-refractivity contribution in [3.63, 3.8) is 0 Å². The molecule has 0 saturated carbocycles. The van der Waals surface area contributed by atoms with Crippen molar-refractivity contribution in [3.8, 4) is 5.75 Å². The SMILES string of the molecule is CSS/C(=C\C=S)c1ccc(O)cc1. The van der Waals surface area contributed by atoms with Crippen LogP contribution in [0.4, 0.5) is 0 Å². The standard InChI is InChI=1S/C10H10OS3/c1-13-14-10(6-7-12)8-2-4-9(11)5-3-8/h2-7,11H,1H3/b10-6-. The number of hydrogen-bond donors (Lipinski definition) is 1. The molecule has 0 unspecified atom stereocenters. The number of aromatic hydroxyl groups is 1. The Morgan fingerprint density at radius 1 is 1.36 bits per heavy atom. The van der Waals surface area contributed by atoms with Gasteiger partial charge in [0.05, 0.1) is 0 Å². The lowest BCUT2D eigenvalue weighted by molar-refractivity contribution is 0.475. The summed E-state index contributed by atoms with van der Waals surface area (Å²) in [5, 5.41) is 10.7. The molecule has 0 aromatic heterocycles. The molecule has 4 heteroatoms. The second kappa shape index (κ2) is 6.11. The molecule has 0 spiro atoms. The number of benzene rings is 1. The molecule has 0 heterocycles. The Balaban J connectivity index is 2.93. The summed E-state index contributed by atoms with van der Waals surface area (Å²) in [7, 11) is 3.33. The van der Waals surface area contributed by atoms with Gasteiger partial charge in [0.25, 0.3) is 0 Å². The van der Waals surface area contributed by atoms with Crippen molar-refractivity contribution in [2.45, 2.75) is 0 Å². The van der Waals surface area contributed by atoms with E-state index in [1.54, 1.807) is 39.1 Å².